The summed E-state index contributed by atoms with van der Waals surface area (Å²) in [6, 6.07) is 1.86. The van der Waals surface area contributed by atoms with Gasteiger partial charge in [-0.2, -0.15) is 10.2 Å². The summed E-state index contributed by atoms with van der Waals surface area (Å²) in [5, 5.41) is 8.75. The van der Waals surface area contributed by atoms with Crippen LogP contribution in [0.3, 0.4) is 0 Å². The zero-order chi connectivity index (χ0) is 12.2. The van der Waals surface area contributed by atoms with E-state index in [9.17, 15) is 8.42 Å². The van der Waals surface area contributed by atoms with Crippen molar-refractivity contribution in [1.29, 1.82) is 5.26 Å². The van der Waals surface area contributed by atoms with Gasteiger partial charge in [0, 0.05) is 0 Å². The number of methoxy groups -OCH3 is 1. The molecule has 0 spiro atoms. The van der Waals surface area contributed by atoms with Crippen molar-refractivity contribution in [3.63, 3.8) is 0 Å². The standard InChI is InChI=1S/C9H12N2O3S2/c1-3-4-5-16(12,13)9-11-8(14-2)7(6-10)15-9/h3-5H2,1-2H3. The van der Waals surface area contributed by atoms with E-state index in [0.717, 1.165) is 17.8 Å². The Morgan fingerprint density at radius 1 is 1.56 bits per heavy atom. The van der Waals surface area contributed by atoms with Crippen molar-refractivity contribution in [1.82, 2.24) is 4.98 Å². The first kappa shape index (κ1) is 12.9. The molecular formula is C9H12N2O3S2. The molecule has 0 aromatic carbocycles. The van der Waals surface area contributed by atoms with E-state index in [1.54, 1.807) is 0 Å². The highest BCUT2D eigenvalue weighted by atomic mass is 32.2. The highest BCUT2D eigenvalue weighted by Gasteiger charge is 2.22. The first-order chi connectivity index (χ1) is 7.55. The quantitative estimate of drug-likeness (QED) is 0.803. The van der Waals surface area contributed by atoms with E-state index in [1.165, 1.54) is 7.11 Å². The SMILES string of the molecule is CCCCS(=O)(=O)c1nc(OC)c(C#N)s1. The monoisotopic (exact) mass is 260 g/mol. The predicted octanol–water partition coefficient (Wildman–Crippen LogP) is 1.60. The third-order valence-electron chi connectivity index (χ3n) is 1.90. The minimum absolute atomic E-state index is 0.0330. The van der Waals surface area contributed by atoms with Crippen LogP contribution in [-0.4, -0.2) is 26.3 Å². The van der Waals surface area contributed by atoms with Gasteiger partial charge in [-0.3, -0.25) is 0 Å². The molecule has 1 aromatic rings. The first-order valence-electron chi connectivity index (χ1n) is 4.72. The molecule has 0 amide bonds. The Labute approximate surface area is 98.6 Å². The number of nitrogens with zero attached hydrogens (tertiary/aromatic N) is 2. The van der Waals surface area contributed by atoms with Crippen LogP contribution in [0.4, 0.5) is 0 Å². The number of aromatic nitrogens is 1. The number of nitriles is 1. The summed E-state index contributed by atoms with van der Waals surface area (Å²) >= 11 is 0.856. The lowest BCUT2D eigenvalue weighted by molar-refractivity contribution is 0.397. The fraction of sp³-hybridized carbons (Fsp3) is 0.556. The molecule has 0 radical (unpaired) electrons. The van der Waals surface area contributed by atoms with Gasteiger partial charge in [-0.05, 0) is 6.42 Å². The molecule has 5 nitrogen and oxygen atoms in total. The molecular weight excluding hydrogens is 248 g/mol. The van der Waals surface area contributed by atoms with E-state index in [0.29, 0.717) is 6.42 Å². The third kappa shape index (κ3) is 2.71. The molecule has 0 aliphatic carbocycles. The van der Waals surface area contributed by atoms with Crippen molar-refractivity contribution >= 4 is 21.2 Å². The van der Waals surface area contributed by atoms with E-state index in [2.05, 4.69) is 4.98 Å². The average Bonchev–Trinajstić information content (AvgIpc) is 2.70. The lowest BCUT2D eigenvalue weighted by atomic mass is 10.4. The van der Waals surface area contributed by atoms with Gasteiger partial charge in [0.05, 0.1) is 12.9 Å². The second-order valence-corrected chi connectivity index (χ2v) is 6.38. The summed E-state index contributed by atoms with van der Waals surface area (Å²) in [6.45, 7) is 1.92. The van der Waals surface area contributed by atoms with Gasteiger partial charge < -0.3 is 4.74 Å². The van der Waals surface area contributed by atoms with Crippen LogP contribution in [0.2, 0.25) is 0 Å². The minimum atomic E-state index is -3.37. The molecule has 88 valence electrons. The molecule has 1 aromatic heterocycles. The van der Waals surface area contributed by atoms with Crippen molar-refractivity contribution in [2.45, 2.75) is 24.1 Å². The molecule has 0 unspecified atom stereocenters. The average molecular weight is 260 g/mol. The lowest BCUT2D eigenvalue weighted by Gasteiger charge is -1.97. The Morgan fingerprint density at radius 2 is 2.25 bits per heavy atom. The molecule has 16 heavy (non-hydrogen) atoms. The smallest absolute Gasteiger partial charge is 0.244 e. The van der Waals surface area contributed by atoms with Crippen LogP contribution in [0.15, 0.2) is 4.34 Å². The molecule has 0 aliphatic rings. The van der Waals surface area contributed by atoms with Gasteiger partial charge in [0.25, 0.3) is 0 Å². The summed E-state index contributed by atoms with van der Waals surface area (Å²) in [5.41, 5.74) is 0. The van der Waals surface area contributed by atoms with Crippen molar-refractivity contribution in [3.8, 4) is 11.9 Å². The zero-order valence-corrected chi connectivity index (χ0v) is 10.7. The van der Waals surface area contributed by atoms with Crippen LogP contribution in [0.25, 0.3) is 0 Å². The van der Waals surface area contributed by atoms with E-state index >= 15 is 0 Å². The Hall–Kier alpha value is -1.13. The van der Waals surface area contributed by atoms with Gasteiger partial charge >= 0.3 is 0 Å². The van der Waals surface area contributed by atoms with E-state index in [4.69, 9.17) is 10.00 Å². The number of rotatable bonds is 5. The molecule has 0 N–H and O–H groups in total. The molecule has 0 saturated carbocycles. The van der Waals surface area contributed by atoms with E-state index in [-0.39, 0.29) is 20.8 Å². The maximum atomic E-state index is 11.8. The number of hydrogen-bond acceptors (Lipinski definition) is 6. The van der Waals surface area contributed by atoms with E-state index < -0.39 is 9.84 Å². The number of ether oxygens (including phenoxy) is 1. The van der Waals surface area contributed by atoms with Gasteiger partial charge in [-0.15, -0.1) is 0 Å². The van der Waals surface area contributed by atoms with Crippen LogP contribution in [0.1, 0.15) is 24.6 Å². The second kappa shape index (κ2) is 5.27. The Morgan fingerprint density at radius 3 is 2.69 bits per heavy atom. The zero-order valence-electron chi connectivity index (χ0n) is 9.06. The Kier molecular flexibility index (Phi) is 4.26. The van der Waals surface area contributed by atoms with Gasteiger partial charge in [-0.25, -0.2) is 8.42 Å². The summed E-state index contributed by atoms with van der Waals surface area (Å²) in [4.78, 5) is 4.00. The largest absolute Gasteiger partial charge is 0.479 e. The van der Waals surface area contributed by atoms with Gasteiger partial charge in [0.2, 0.25) is 20.1 Å². The van der Waals surface area contributed by atoms with E-state index in [1.807, 2.05) is 13.0 Å². The van der Waals surface area contributed by atoms with Crippen molar-refractivity contribution < 1.29 is 13.2 Å². The fourth-order valence-electron chi connectivity index (χ4n) is 1.05. The van der Waals surface area contributed by atoms with Crippen LogP contribution in [0, 0.1) is 11.3 Å². The predicted molar refractivity (Wildman–Crippen MR) is 60.3 cm³/mol. The van der Waals surface area contributed by atoms with Crippen LogP contribution in [-0.2, 0) is 9.84 Å². The first-order valence-corrected chi connectivity index (χ1v) is 7.19. The minimum Gasteiger partial charge on any atom is -0.479 e. The normalized spacial score (nSPS) is 11.1. The van der Waals surface area contributed by atoms with Crippen LogP contribution < -0.4 is 4.74 Å². The van der Waals surface area contributed by atoms with Crippen molar-refractivity contribution in [2.75, 3.05) is 12.9 Å². The highest BCUT2D eigenvalue weighted by molar-refractivity contribution is 7.93. The number of thiazole rings is 1. The van der Waals surface area contributed by atoms with Crippen LogP contribution in [0.5, 0.6) is 5.88 Å². The maximum Gasteiger partial charge on any atom is 0.244 e. The topological polar surface area (TPSA) is 80.1 Å². The van der Waals surface area contributed by atoms with Gasteiger partial charge in [0.15, 0.2) is 4.88 Å². The Bertz CT molecular complexity index is 499. The molecule has 0 saturated heterocycles. The Balaban J connectivity index is 3.06. The molecule has 0 bridgehead atoms. The van der Waals surface area contributed by atoms with Crippen LogP contribution >= 0.6 is 11.3 Å². The van der Waals surface area contributed by atoms with Gasteiger partial charge in [0.1, 0.15) is 6.07 Å². The summed E-state index contributed by atoms with van der Waals surface area (Å²) < 4.78 is 28.3. The second-order valence-electron chi connectivity index (χ2n) is 3.10. The van der Waals surface area contributed by atoms with Crippen molar-refractivity contribution in [2.24, 2.45) is 0 Å². The van der Waals surface area contributed by atoms with Crippen molar-refractivity contribution in [3.05, 3.63) is 4.88 Å². The molecule has 0 atom stereocenters. The molecule has 7 heteroatoms. The summed E-state index contributed by atoms with van der Waals surface area (Å²) in [7, 11) is -2.01. The molecule has 1 heterocycles. The summed E-state index contributed by atoms with van der Waals surface area (Å²) in [5.74, 6) is 0.146. The lowest BCUT2D eigenvalue weighted by Crippen LogP contribution is -2.06. The molecule has 0 fully saturated rings. The van der Waals surface area contributed by atoms with Gasteiger partial charge in [-0.1, -0.05) is 24.7 Å². The number of sulfone groups is 1. The maximum absolute atomic E-state index is 11.8. The number of hydrogen-bond donors (Lipinski definition) is 0. The summed E-state index contributed by atoms with van der Waals surface area (Å²) in [6.07, 6.45) is 1.39. The number of unbranched alkanes of at least 4 members (excludes halogenated alkanes) is 1. The fourth-order valence-corrected chi connectivity index (χ4v) is 3.69. The molecule has 1 rings (SSSR count). The molecule has 0 aliphatic heterocycles. The highest BCUT2D eigenvalue weighted by Crippen LogP contribution is 2.28. The third-order valence-corrected chi connectivity index (χ3v) is 5.10.